The Morgan fingerprint density at radius 1 is 1.12 bits per heavy atom. The summed E-state index contributed by atoms with van der Waals surface area (Å²) in [5.74, 6) is 0. The zero-order valence-electron chi connectivity index (χ0n) is 10.4. The van der Waals surface area contributed by atoms with Crippen molar-refractivity contribution in [3.05, 3.63) is 57.8 Å². The maximum absolute atomic E-state index is 3.39. The van der Waals surface area contributed by atoms with Gasteiger partial charge in [0.25, 0.3) is 0 Å². The smallest absolute Gasteiger partial charge is 0.0366 e. The van der Waals surface area contributed by atoms with Crippen LogP contribution in [0.3, 0.4) is 0 Å². The van der Waals surface area contributed by atoms with Crippen LogP contribution in [-0.4, -0.2) is 7.05 Å². The van der Waals surface area contributed by atoms with Crippen LogP contribution in [0.4, 0.5) is 0 Å². The number of thiophene rings is 1. The number of hydrogen-bond donors (Lipinski definition) is 1. The van der Waals surface area contributed by atoms with Crippen LogP contribution in [0.2, 0.25) is 0 Å². The zero-order chi connectivity index (χ0) is 12.1. The number of nitrogens with one attached hydrogen (secondary N) is 1. The van der Waals surface area contributed by atoms with E-state index in [2.05, 4.69) is 53.3 Å². The van der Waals surface area contributed by atoms with E-state index in [1.807, 2.05) is 7.05 Å². The number of rotatable bonds is 5. The van der Waals surface area contributed by atoms with Crippen molar-refractivity contribution < 1.29 is 0 Å². The van der Waals surface area contributed by atoms with Gasteiger partial charge in [-0.15, -0.1) is 0 Å². The lowest BCUT2D eigenvalue weighted by Gasteiger charge is -2.15. The molecule has 0 aliphatic heterocycles. The Labute approximate surface area is 108 Å². The van der Waals surface area contributed by atoms with E-state index in [1.54, 1.807) is 11.3 Å². The molecule has 90 valence electrons. The van der Waals surface area contributed by atoms with Gasteiger partial charge in [-0.3, -0.25) is 0 Å². The lowest BCUT2D eigenvalue weighted by atomic mass is 10.00. The Hall–Kier alpha value is -1.12. The molecule has 0 radical (unpaired) electrons. The van der Waals surface area contributed by atoms with Gasteiger partial charge in [-0.05, 0) is 53.4 Å². The summed E-state index contributed by atoms with van der Waals surface area (Å²) in [5.41, 5.74) is 4.19. The van der Waals surface area contributed by atoms with Gasteiger partial charge in [0.05, 0.1) is 0 Å². The Balaban J connectivity index is 2.07. The molecule has 17 heavy (non-hydrogen) atoms. The summed E-state index contributed by atoms with van der Waals surface area (Å²) in [6.45, 7) is 2.19. The predicted octanol–water partition coefficient (Wildman–Crippen LogP) is 3.81. The van der Waals surface area contributed by atoms with Crippen molar-refractivity contribution >= 4 is 11.3 Å². The average molecular weight is 245 g/mol. The van der Waals surface area contributed by atoms with Crippen LogP contribution in [0.15, 0.2) is 41.1 Å². The number of benzene rings is 1. The third kappa shape index (κ3) is 3.18. The molecule has 0 saturated carbocycles. The van der Waals surface area contributed by atoms with E-state index in [0.717, 1.165) is 12.8 Å². The Kier molecular flexibility index (Phi) is 4.35. The largest absolute Gasteiger partial charge is 0.313 e. The van der Waals surface area contributed by atoms with Crippen molar-refractivity contribution in [1.82, 2.24) is 5.32 Å². The molecule has 1 aromatic heterocycles. The predicted molar refractivity (Wildman–Crippen MR) is 75.6 cm³/mol. The van der Waals surface area contributed by atoms with E-state index in [-0.39, 0.29) is 0 Å². The third-order valence-electron chi connectivity index (χ3n) is 3.17. The topological polar surface area (TPSA) is 12.0 Å². The van der Waals surface area contributed by atoms with Crippen molar-refractivity contribution in [2.24, 2.45) is 0 Å². The summed E-state index contributed by atoms with van der Waals surface area (Å²) in [7, 11) is 2.03. The van der Waals surface area contributed by atoms with Crippen LogP contribution in [-0.2, 0) is 12.8 Å². The second-order valence-corrected chi connectivity index (χ2v) is 5.05. The maximum Gasteiger partial charge on any atom is 0.0366 e. The van der Waals surface area contributed by atoms with Gasteiger partial charge in [-0.25, -0.2) is 0 Å². The SMILES string of the molecule is CCc1ccc(CC(NC)c2ccsc2)cc1. The Morgan fingerprint density at radius 3 is 2.35 bits per heavy atom. The number of aryl methyl sites for hydroxylation is 1. The third-order valence-corrected chi connectivity index (χ3v) is 3.87. The number of hydrogen-bond acceptors (Lipinski definition) is 2. The fourth-order valence-corrected chi connectivity index (χ4v) is 2.72. The average Bonchev–Trinajstić information content (AvgIpc) is 2.90. The molecule has 2 aromatic rings. The van der Waals surface area contributed by atoms with Gasteiger partial charge in [-0.1, -0.05) is 31.2 Å². The summed E-state index contributed by atoms with van der Waals surface area (Å²) >= 11 is 1.76. The highest BCUT2D eigenvalue weighted by Crippen LogP contribution is 2.20. The molecular weight excluding hydrogens is 226 g/mol. The Bertz CT molecular complexity index is 430. The van der Waals surface area contributed by atoms with E-state index in [1.165, 1.54) is 16.7 Å². The molecule has 1 aromatic carbocycles. The Morgan fingerprint density at radius 2 is 1.82 bits per heavy atom. The highest BCUT2D eigenvalue weighted by molar-refractivity contribution is 7.07. The normalized spacial score (nSPS) is 12.6. The molecule has 2 rings (SSSR count). The van der Waals surface area contributed by atoms with Crippen LogP contribution >= 0.6 is 11.3 Å². The van der Waals surface area contributed by atoms with Crippen LogP contribution in [0, 0.1) is 0 Å². The van der Waals surface area contributed by atoms with Gasteiger partial charge in [0.2, 0.25) is 0 Å². The highest BCUT2D eigenvalue weighted by Gasteiger charge is 2.10. The molecule has 0 fully saturated rings. The monoisotopic (exact) mass is 245 g/mol. The van der Waals surface area contributed by atoms with Gasteiger partial charge < -0.3 is 5.32 Å². The van der Waals surface area contributed by atoms with E-state index >= 15 is 0 Å². The lowest BCUT2D eigenvalue weighted by Crippen LogP contribution is -2.18. The molecule has 0 saturated heterocycles. The van der Waals surface area contributed by atoms with Gasteiger partial charge in [0.1, 0.15) is 0 Å². The summed E-state index contributed by atoms with van der Waals surface area (Å²) in [6, 6.07) is 11.6. The van der Waals surface area contributed by atoms with Crippen molar-refractivity contribution in [1.29, 1.82) is 0 Å². The minimum Gasteiger partial charge on any atom is -0.313 e. The molecule has 0 spiro atoms. The van der Waals surface area contributed by atoms with Crippen molar-refractivity contribution in [2.75, 3.05) is 7.05 Å². The van der Waals surface area contributed by atoms with Gasteiger partial charge >= 0.3 is 0 Å². The molecule has 2 heteroatoms. The highest BCUT2D eigenvalue weighted by atomic mass is 32.1. The van der Waals surface area contributed by atoms with Crippen molar-refractivity contribution in [3.8, 4) is 0 Å². The summed E-state index contributed by atoms with van der Waals surface area (Å²) in [6.07, 6.45) is 2.16. The first-order chi connectivity index (χ1) is 8.33. The summed E-state index contributed by atoms with van der Waals surface area (Å²) in [4.78, 5) is 0. The zero-order valence-corrected chi connectivity index (χ0v) is 11.3. The fourth-order valence-electron chi connectivity index (χ4n) is 2.01. The van der Waals surface area contributed by atoms with Gasteiger partial charge in [0, 0.05) is 6.04 Å². The van der Waals surface area contributed by atoms with Crippen LogP contribution < -0.4 is 5.32 Å². The first-order valence-corrected chi connectivity index (χ1v) is 7.05. The second kappa shape index (κ2) is 5.99. The first kappa shape index (κ1) is 12.3. The molecule has 1 heterocycles. The van der Waals surface area contributed by atoms with Crippen molar-refractivity contribution in [3.63, 3.8) is 0 Å². The minimum atomic E-state index is 0.425. The van der Waals surface area contributed by atoms with E-state index in [9.17, 15) is 0 Å². The number of likely N-dealkylation sites (N-methyl/N-ethyl adjacent to an activating group) is 1. The van der Waals surface area contributed by atoms with Crippen molar-refractivity contribution in [2.45, 2.75) is 25.8 Å². The fraction of sp³-hybridized carbons (Fsp3) is 0.333. The molecule has 1 N–H and O–H groups in total. The molecule has 0 aliphatic carbocycles. The maximum atomic E-state index is 3.39. The molecule has 0 bridgehead atoms. The second-order valence-electron chi connectivity index (χ2n) is 4.27. The standard InChI is InChI=1S/C15H19NS/c1-3-12-4-6-13(7-5-12)10-15(16-2)14-8-9-17-11-14/h4-9,11,15-16H,3,10H2,1-2H3. The van der Waals surface area contributed by atoms with Gasteiger partial charge in [-0.2, -0.15) is 11.3 Å². The van der Waals surface area contributed by atoms with Crippen LogP contribution in [0.5, 0.6) is 0 Å². The first-order valence-electron chi connectivity index (χ1n) is 6.10. The molecule has 1 unspecified atom stereocenters. The molecule has 1 nitrogen and oxygen atoms in total. The minimum absolute atomic E-state index is 0.425. The van der Waals surface area contributed by atoms with E-state index in [0.29, 0.717) is 6.04 Å². The summed E-state index contributed by atoms with van der Waals surface area (Å²) < 4.78 is 0. The molecule has 1 atom stereocenters. The van der Waals surface area contributed by atoms with Crippen LogP contribution in [0.25, 0.3) is 0 Å². The quantitative estimate of drug-likeness (QED) is 0.844. The molecule has 0 amide bonds. The van der Waals surface area contributed by atoms with E-state index < -0.39 is 0 Å². The molecular formula is C15H19NS. The lowest BCUT2D eigenvalue weighted by molar-refractivity contribution is 0.594. The molecule has 0 aliphatic rings. The van der Waals surface area contributed by atoms with Crippen LogP contribution in [0.1, 0.15) is 29.7 Å². The summed E-state index contributed by atoms with van der Waals surface area (Å²) in [5, 5.41) is 7.75. The van der Waals surface area contributed by atoms with E-state index in [4.69, 9.17) is 0 Å². The van der Waals surface area contributed by atoms with Gasteiger partial charge in [0.15, 0.2) is 0 Å².